The Hall–Kier alpha value is -3.80. The minimum absolute atomic E-state index is 0.366. The Labute approximate surface area is 162 Å². The van der Waals surface area contributed by atoms with E-state index in [1.165, 1.54) is 6.08 Å². The number of hydrogen-bond donors (Lipinski definition) is 0. The van der Waals surface area contributed by atoms with Gasteiger partial charge in [0.05, 0.1) is 13.7 Å². The van der Waals surface area contributed by atoms with Gasteiger partial charge in [-0.2, -0.15) is 9.98 Å². The highest BCUT2D eigenvalue weighted by Crippen LogP contribution is 2.20. The topological polar surface area (TPSA) is 66.6 Å². The van der Waals surface area contributed by atoms with Crippen molar-refractivity contribution >= 4 is 30.0 Å². The van der Waals surface area contributed by atoms with Gasteiger partial charge in [0.1, 0.15) is 5.75 Å². The van der Waals surface area contributed by atoms with E-state index < -0.39 is 0 Å². The Balaban J connectivity index is 1.64. The fraction of sp³-hybridized carbons (Fsp3) is 0.0909. The third kappa shape index (κ3) is 3.81. The number of nitrogens with zero attached hydrogens (tertiary/aromatic N) is 4. The van der Waals surface area contributed by atoms with Crippen molar-refractivity contribution in [2.45, 2.75) is 6.54 Å². The van der Waals surface area contributed by atoms with Crippen LogP contribution in [0.5, 0.6) is 5.75 Å². The van der Waals surface area contributed by atoms with Crippen molar-refractivity contribution in [1.29, 1.82) is 0 Å². The highest BCUT2D eigenvalue weighted by molar-refractivity contribution is 6.14. The average molecular weight is 370 g/mol. The van der Waals surface area contributed by atoms with Crippen LogP contribution in [0, 0.1) is 0 Å². The molecule has 0 atom stereocenters. The molecule has 0 unspecified atom stereocenters. The Bertz CT molecular complexity index is 1050. The van der Waals surface area contributed by atoms with Crippen LogP contribution in [-0.4, -0.2) is 35.9 Å². The van der Waals surface area contributed by atoms with Gasteiger partial charge in [-0.15, -0.1) is 0 Å². The lowest BCUT2D eigenvalue weighted by Crippen LogP contribution is -2.24. The number of amidine groups is 1. The molecule has 6 heteroatoms. The first-order chi connectivity index (χ1) is 13.7. The van der Waals surface area contributed by atoms with Gasteiger partial charge in [-0.05, 0) is 35.4 Å². The van der Waals surface area contributed by atoms with Crippen LogP contribution in [0.15, 0.2) is 81.9 Å². The molecule has 0 saturated carbocycles. The third-order valence-corrected chi connectivity index (χ3v) is 4.35. The number of rotatable bonds is 3. The molecule has 2 aliphatic rings. The Kier molecular flexibility index (Phi) is 4.93. The molecule has 0 spiro atoms. The Morgan fingerprint density at radius 1 is 1.18 bits per heavy atom. The Morgan fingerprint density at radius 2 is 2.00 bits per heavy atom. The molecule has 1 amide bonds. The van der Waals surface area contributed by atoms with E-state index in [-0.39, 0.29) is 5.91 Å². The van der Waals surface area contributed by atoms with Gasteiger partial charge in [-0.25, -0.2) is 4.99 Å². The number of benzene rings is 2. The number of carbonyl (C=O) groups excluding carboxylic acids is 1. The molecule has 0 fully saturated rings. The molecule has 0 N–H and O–H groups in total. The van der Waals surface area contributed by atoms with Crippen LogP contribution in [-0.2, 0) is 11.3 Å². The Morgan fingerprint density at radius 3 is 2.82 bits per heavy atom. The van der Waals surface area contributed by atoms with Crippen molar-refractivity contribution in [2.24, 2.45) is 15.0 Å². The van der Waals surface area contributed by atoms with Crippen LogP contribution in [0.3, 0.4) is 0 Å². The quantitative estimate of drug-likeness (QED) is 0.777. The lowest BCUT2D eigenvalue weighted by Gasteiger charge is -2.19. The van der Waals surface area contributed by atoms with E-state index in [1.807, 2.05) is 65.7 Å². The van der Waals surface area contributed by atoms with Crippen molar-refractivity contribution < 1.29 is 9.53 Å². The van der Waals surface area contributed by atoms with Crippen LogP contribution in [0.1, 0.15) is 16.7 Å². The molecule has 2 heterocycles. The highest BCUT2D eigenvalue weighted by atomic mass is 16.5. The summed E-state index contributed by atoms with van der Waals surface area (Å²) in [5.41, 5.74) is 2.75. The number of hydrogen-bond acceptors (Lipinski definition) is 4. The fourth-order valence-electron chi connectivity index (χ4n) is 2.93. The number of aliphatic imine (C=N–C) groups is 3. The molecule has 28 heavy (non-hydrogen) atoms. The van der Waals surface area contributed by atoms with Gasteiger partial charge in [0.2, 0.25) is 5.96 Å². The molecule has 0 radical (unpaired) electrons. The van der Waals surface area contributed by atoms with Crippen LogP contribution in [0.4, 0.5) is 0 Å². The summed E-state index contributed by atoms with van der Waals surface area (Å²) in [7, 11) is 1.61. The molecule has 6 nitrogen and oxygen atoms in total. The molecule has 0 aromatic heterocycles. The molecule has 2 aromatic carbocycles. The zero-order chi connectivity index (χ0) is 19.3. The summed E-state index contributed by atoms with van der Waals surface area (Å²) in [6, 6.07) is 15.2. The molecule has 0 aliphatic carbocycles. The molecule has 2 aliphatic heterocycles. The van der Waals surface area contributed by atoms with Crippen LogP contribution >= 0.6 is 0 Å². The van der Waals surface area contributed by atoms with Gasteiger partial charge in [-0.1, -0.05) is 36.4 Å². The summed E-state index contributed by atoms with van der Waals surface area (Å²) in [4.78, 5) is 27.4. The van der Waals surface area contributed by atoms with Gasteiger partial charge in [-0.3, -0.25) is 4.79 Å². The largest absolute Gasteiger partial charge is 0.497 e. The predicted molar refractivity (Wildman–Crippen MR) is 111 cm³/mol. The molecule has 0 bridgehead atoms. The number of amides is 1. The van der Waals surface area contributed by atoms with Crippen molar-refractivity contribution in [3.63, 3.8) is 0 Å². The van der Waals surface area contributed by atoms with E-state index in [0.717, 1.165) is 22.4 Å². The monoisotopic (exact) mass is 370 g/mol. The minimum Gasteiger partial charge on any atom is -0.497 e. The van der Waals surface area contributed by atoms with E-state index in [4.69, 9.17) is 4.74 Å². The normalized spacial score (nSPS) is 16.5. The smallest absolute Gasteiger partial charge is 0.271 e. The number of guanidine groups is 1. The molecule has 0 saturated heterocycles. The number of fused-ring (bicyclic) bond motifs is 2. The summed E-state index contributed by atoms with van der Waals surface area (Å²) >= 11 is 0. The van der Waals surface area contributed by atoms with Gasteiger partial charge in [0.25, 0.3) is 5.91 Å². The lowest BCUT2D eigenvalue weighted by atomic mass is 10.1. The average Bonchev–Trinajstić information content (AvgIpc) is 2.89. The zero-order valence-electron chi connectivity index (χ0n) is 15.3. The standard InChI is InChI=1S/C22H18N4O2/c1-28-18-10-7-16(8-11-18)9-12-20(27)24-21-19-6-3-2-5-17(19)15-26-14-4-13-23-22(26)25-21/h2-14H,15H2,1H3/b12-9+,24-21?. The van der Waals surface area contributed by atoms with E-state index in [2.05, 4.69) is 15.0 Å². The van der Waals surface area contributed by atoms with Gasteiger partial charge < -0.3 is 9.64 Å². The van der Waals surface area contributed by atoms with E-state index in [1.54, 1.807) is 19.4 Å². The predicted octanol–water partition coefficient (Wildman–Crippen LogP) is 3.45. The summed E-state index contributed by atoms with van der Waals surface area (Å²) in [5, 5.41) is 0. The van der Waals surface area contributed by atoms with Gasteiger partial charge >= 0.3 is 0 Å². The van der Waals surface area contributed by atoms with Crippen LogP contribution < -0.4 is 4.74 Å². The molecule has 138 valence electrons. The molecule has 4 rings (SSSR count). The second kappa shape index (κ2) is 7.84. The maximum atomic E-state index is 12.5. The number of carbonyl (C=O) groups is 1. The van der Waals surface area contributed by atoms with Crippen molar-refractivity contribution in [3.8, 4) is 5.75 Å². The summed E-state index contributed by atoms with van der Waals surface area (Å²) in [6.45, 7) is 0.623. The maximum absolute atomic E-state index is 12.5. The highest BCUT2D eigenvalue weighted by Gasteiger charge is 2.21. The third-order valence-electron chi connectivity index (χ3n) is 4.35. The van der Waals surface area contributed by atoms with Gasteiger partial charge in [0, 0.05) is 24.1 Å². The maximum Gasteiger partial charge on any atom is 0.271 e. The molecular formula is C22H18N4O2. The number of allylic oxidation sites excluding steroid dienone is 1. The van der Waals surface area contributed by atoms with Crippen molar-refractivity contribution in [3.05, 3.63) is 83.6 Å². The lowest BCUT2D eigenvalue weighted by molar-refractivity contribution is -0.113. The number of ether oxygens (including phenoxy) is 1. The van der Waals surface area contributed by atoms with Crippen molar-refractivity contribution in [2.75, 3.05) is 7.11 Å². The zero-order valence-corrected chi connectivity index (χ0v) is 15.3. The first kappa shape index (κ1) is 17.6. The second-order valence-corrected chi connectivity index (χ2v) is 6.20. The summed E-state index contributed by atoms with van der Waals surface area (Å²) in [6.07, 6.45) is 8.59. The van der Waals surface area contributed by atoms with E-state index in [0.29, 0.717) is 18.3 Å². The van der Waals surface area contributed by atoms with Crippen LogP contribution in [0.25, 0.3) is 6.08 Å². The summed E-state index contributed by atoms with van der Waals surface area (Å²) < 4.78 is 5.14. The first-order valence-corrected chi connectivity index (χ1v) is 8.82. The second-order valence-electron chi connectivity index (χ2n) is 6.20. The van der Waals surface area contributed by atoms with E-state index >= 15 is 0 Å². The molecular weight excluding hydrogens is 352 g/mol. The van der Waals surface area contributed by atoms with Crippen molar-refractivity contribution in [1.82, 2.24) is 4.90 Å². The SMILES string of the molecule is COc1ccc(/C=C/C(=O)N=C2N=C3N=CC=CN3Cc3ccccc32)cc1. The first-order valence-electron chi connectivity index (χ1n) is 8.82. The van der Waals surface area contributed by atoms with Crippen LogP contribution in [0.2, 0.25) is 0 Å². The fourth-order valence-corrected chi connectivity index (χ4v) is 2.93. The number of methoxy groups -OCH3 is 1. The molecule has 2 aromatic rings. The summed E-state index contributed by atoms with van der Waals surface area (Å²) in [5.74, 6) is 1.27. The minimum atomic E-state index is -0.381. The van der Waals surface area contributed by atoms with E-state index in [9.17, 15) is 4.79 Å². The van der Waals surface area contributed by atoms with Gasteiger partial charge in [0.15, 0.2) is 5.84 Å².